The average molecular weight is 579 g/mol. The van der Waals surface area contributed by atoms with Gasteiger partial charge >= 0.3 is 0 Å². The smallest absolute Gasteiger partial charge is 0.255 e. The van der Waals surface area contributed by atoms with E-state index in [9.17, 15) is 39.6 Å². The molecule has 1 saturated carbocycles. The summed E-state index contributed by atoms with van der Waals surface area (Å²) in [7, 11) is 6.72. The van der Waals surface area contributed by atoms with Gasteiger partial charge in [-0.1, -0.05) is 0 Å². The minimum atomic E-state index is -2.70. The second-order valence-electron chi connectivity index (χ2n) is 11.7. The van der Waals surface area contributed by atoms with Crippen molar-refractivity contribution < 1.29 is 39.6 Å². The van der Waals surface area contributed by atoms with Crippen LogP contribution in [-0.2, 0) is 27.3 Å². The average Bonchev–Trinajstić information content (AvgIpc) is 3.36. The molecule has 3 aliphatic carbocycles. The van der Waals surface area contributed by atoms with Crippen LogP contribution in [0.4, 0.5) is 5.69 Å². The van der Waals surface area contributed by atoms with Crippen LogP contribution in [0.1, 0.15) is 40.4 Å². The maximum absolute atomic E-state index is 14.1. The van der Waals surface area contributed by atoms with Gasteiger partial charge < -0.3 is 35.6 Å². The normalized spacial score (nSPS) is 25.4. The summed E-state index contributed by atoms with van der Waals surface area (Å²) in [5.41, 5.74) is 3.79. The molecule has 1 amide bonds. The molecule has 6 N–H and O–H groups in total. The summed E-state index contributed by atoms with van der Waals surface area (Å²) in [6, 6.07) is 2.29. The molecule has 1 aromatic carbocycles. The van der Waals surface area contributed by atoms with Crippen LogP contribution in [0.5, 0.6) is 5.75 Å². The Kier molecular flexibility index (Phi) is 6.82. The molecule has 42 heavy (non-hydrogen) atoms. The first-order valence-electron chi connectivity index (χ1n) is 13.5. The number of hydrogen-bond acceptors (Lipinski definition) is 10. The summed E-state index contributed by atoms with van der Waals surface area (Å²) in [6.07, 6.45) is 3.53. The molecule has 12 heteroatoms. The van der Waals surface area contributed by atoms with Crippen molar-refractivity contribution in [3.05, 3.63) is 63.7 Å². The number of carbonyl (C=O) groups is 4. The van der Waals surface area contributed by atoms with Gasteiger partial charge in [-0.2, -0.15) is 0 Å². The van der Waals surface area contributed by atoms with Gasteiger partial charge in [-0.15, -0.1) is 0 Å². The predicted molar refractivity (Wildman–Crippen MR) is 152 cm³/mol. The van der Waals surface area contributed by atoms with Crippen molar-refractivity contribution in [3.63, 3.8) is 0 Å². The first-order chi connectivity index (χ1) is 19.6. The van der Waals surface area contributed by atoms with Crippen molar-refractivity contribution in [2.45, 2.75) is 38.0 Å². The highest BCUT2D eigenvalue weighted by Crippen LogP contribution is 2.54. The number of phenols is 1. The van der Waals surface area contributed by atoms with Gasteiger partial charge in [-0.05, 0) is 57.5 Å². The van der Waals surface area contributed by atoms with E-state index in [4.69, 9.17) is 5.73 Å². The molecular weight excluding hydrogens is 544 g/mol. The molecule has 3 aliphatic rings. The lowest BCUT2D eigenvalue weighted by Crippen LogP contribution is -2.65. The summed E-state index contributed by atoms with van der Waals surface area (Å²) in [6.45, 7) is 1.60. The second kappa shape index (κ2) is 9.85. The summed E-state index contributed by atoms with van der Waals surface area (Å²) in [4.78, 5) is 54.6. The number of primary amides is 1. The lowest BCUT2D eigenvalue weighted by Gasteiger charge is -2.50. The largest absolute Gasteiger partial charge is 0.508 e. The molecular formula is C30H34N4O8. The molecule has 1 heterocycles. The number of anilines is 1. The first kappa shape index (κ1) is 29.1. The highest BCUT2D eigenvalue weighted by molar-refractivity contribution is 6.24. The topological polar surface area (TPSA) is 187 Å². The molecule has 222 valence electrons. The van der Waals surface area contributed by atoms with Crippen molar-refractivity contribution in [2.24, 2.45) is 17.6 Å². The zero-order chi connectivity index (χ0) is 31.0. The Hall–Kier alpha value is -4.42. The lowest BCUT2D eigenvalue weighted by atomic mass is 9.57. The molecule has 5 rings (SSSR count). The predicted octanol–water partition coefficient (Wildman–Crippen LogP) is 1.08. The van der Waals surface area contributed by atoms with Crippen LogP contribution >= 0.6 is 0 Å². The number of aromatic hydroxyl groups is 1. The molecule has 12 nitrogen and oxygen atoms in total. The monoisotopic (exact) mass is 578 g/mol. The summed E-state index contributed by atoms with van der Waals surface area (Å²) in [5, 5.41) is 45.9. The number of benzene rings is 1. The maximum Gasteiger partial charge on any atom is 0.255 e. The lowest BCUT2D eigenvalue weighted by molar-refractivity contribution is -0.153. The van der Waals surface area contributed by atoms with Crippen molar-refractivity contribution in [1.29, 1.82) is 0 Å². The summed E-state index contributed by atoms with van der Waals surface area (Å²) in [5.74, 6) is -7.02. The number of likely N-dealkylation sites (N-methyl/N-ethyl adjacent to an activating group) is 1. The molecule has 0 bridgehead atoms. The van der Waals surface area contributed by atoms with E-state index in [-0.39, 0.29) is 42.1 Å². The fourth-order valence-electron chi connectivity index (χ4n) is 6.81. The number of aliphatic hydroxyl groups excluding tert-OH is 2. The molecule has 0 spiro atoms. The Balaban J connectivity index is 1.70. The van der Waals surface area contributed by atoms with Crippen LogP contribution in [0.3, 0.4) is 0 Å². The van der Waals surface area contributed by atoms with Gasteiger partial charge in [-0.3, -0.25) is 24.1 Å². The van der Waals surface area contributed by atoms with Crippen LogP contribution in [0.2, 0.25) is 0 Å². The zero-order valence-corrected chi connectivity index (χ0v) is 24.0. The third-order valence-electron chi connectivity index (χ3n) is 8.77. The molecule has 0 aliphatic heterocycles. The van der Waals surface area contributed by atoms with Crippen LogP contribution < -0.4 is 10.6 Å². The SMILES string of the molecule is CC(=O)c1ccn(Cc2cc(N(C)C)c3c(c2O)C(O)=C2C(=O)C4(O)C(O)=C(C(N)=O)C(=O)C(N(C)C)C4CC2C3)c1. The standard InChI is InChI=1S/C30H34N4O8/c1-13(35)14-6-7-34(11-14)12-16-10-19(32(2)3)17-8-15-9-18-23(33(4)5)26(38)22(29(31)41)28(40)30(18,42)27(39)20(15)25(37)21(17)24(16)36/h6-7,10-11,15,18,23,36-37,40,42H,8-9,12H2,1-5H3,(H2,31,41). The number of aromatic nitrogens is 1. The quantitative estimate of drug-likeness (QED) is 0.245. The van der Waals surface area contributed by atoms with E-state index in [0.29, 0.717) is 22.4 Å². The highest BCUT2D eigenvalue weighted by atomic mass is 16.3. The molecule has 0 radical (unpaired) electrons. The molecule has 4 unspecified atom stereocenters. The highest BCUT2D eigenvalue weighted by Gasteiger charge is 2.64. The number of phenolic OH excluding ortho intramolecular Hbond substituents is 1. The minimum Gasteiger partial charge on any atom is -0.508 e. The Morgan fingerprint density at radius 1 is 1.14 bits per heavy atom. The van der Waals surface area contributed by atoms with E-state index in [1.807, 2.05) is 4.90 Å². The van der Waals surface area contributed by atoms with Crippen LogP contribution in [0.25, 0.3) is 5.76 Å². The Morgan fingerprint density at radius 3 is 2.36 bits per heavy atom. The Bertz CT molecular complexity index is 1630. The number of nitrogens with zero attached hydrogens (tertiary/aromatic N) is 3. The number of nitrogens with two attached hydrogens (primary N) is 1. The summed E-state index contributed by atoms with van der Waals surface area (Å²) >= 11 is 0. The fourth-order valence-corrected chi connectivity index (χ4v) is 6.81. The van der Waals surface area contributed by atoms with Gasteiger partial charge in [0.15, 0.2) is 17.2 Å². The number of carbonyl (C=O) groups excluding carboxylic acids is 4. The molecule has 1 fully saturated rings. The number of Topliss-reactive ketones (excluding diaryl/α,β-unsaturated/α-hetero) is 3. The molecule has 2 aromatic rings. The Labute approximate surface area is 241 Å². The van der Waals surface area contributed by atoms with Gasteiger partial charge in [0.1, 0.15) is 22.8 Å². The van der Waals surface area contributed by atoms with Gasteiger partial charge in [-0.25, -0.2) is 0 Å². The van der Waals surface area contributed by atoms with Crippen LogP contribution in [0.15, 0.2) is 41.4 Å². The van der Waals surface area contributed by atoms with E-state index in [2.05, 4.69) is 0 Å². The van der Waals surface area contributed by atoms with E-state index in [0.717, 1.165) is 0 Å². The minimum absolute atomic E-state index is 0.0122. The van der Waals surface area contributed by atoms with Crippen LogP contribution in [-0.4, -0.2) is 93.0 Å². The van der Waals surface area contributed by atoms with E-state index in [1.165, 1.54) is 11.8 Å². The number of ketones is 3. The molecule has 1 aromatic heterocycles. The second-order valence-corrected chi connectivity index (χ2v) is 11.7. The van der Waals surface area contributed by atoms with Gasteiger partial charge in [0.2, 0.25) is 5.78 Å². The Morgan fingerprint density at radius 2 is 1.81 bits per heavy atom. The number of hydrogen-bond donors (Lipinski definition) is 5. The van der Waals surface area contributed by atoms with Gasteiger partial charge in [0.25, 0.3) is 5.91 Å². The zero-order valence-electron chi connectivity index (χ0n) is 24.0. The summed E-state index contributed by atoms with van der Waals surface area (Å²) < 4.78 is 1.71. The molecule has 4 atom stereocenters. The fraction of sp³-hybridized carbons (Fsp3) is 0.400. The van der Waals surface area contributed by atoms with Crippen LogP contribution in [0, 0.1) is 11.8 Å². The number of aliphatic hydroxyl groups is 3. The number of rotatable bonds is 6. The van der Waals surface area contributed by atoms with E-state index in [1.54, 1.807) is 57.3 Å². The number of amides is 1. The molecule has 0 saturated heterocycles. The third kappa shape index (κ3) is 4.04. The van der Waals surface area contributed by atoms with Crippen molar-refractivity contribution in [3.8, 4) is 5.75 Å². The van der Waals surface area contributed by atoms with Crippen molar-refractivity contribution in [2.75, 3.05) is 33.1 Å². The third-order valence-corrected chi connectivity index (χ3v) is 8.77. The maximum atomic E-state index is 14.1. The number of fused-ring (bicyclic) bond motifs is 3. The van der Waals surface area contributed by atoms with Gasteiger partial charge in [0, 0.05) is 54.8 Å². The van der Waals surface area contributed by atoms with Crippen molar-refractivity contribution >= 4 is 34.7 Å². The van der Waals surface area contributed by atoms with E-state index >= 15 is 0 Å². The van der Waals surface area contributed by atoms with Gasteiger partial charge in [0.05, 0.1) is 18.2 Å². The van der Waals surface area contributed by atoms with E-state index < -0.39 is 58.0 Å². The van der Waals surface area contributed by atoms with Crippen molar-refractivity contribution in [1.82, 2.24) is 9.47 Å². The first-order valence-corrected chi connectivity index (χ1v) is 13.5.